The van der Waals surface area contributed by atoms with Crippen LogP contribution in [0, 0.1) is 6.92 Å². The number of aryl methyl sites for hydroxylation is 1. The van der Waals surface area contributed by atoms with Crippen LogP contribution in [-0.4, -0.2) is 11.8 Å². The molecule has 3 heterocycles. The third-order valence-corrected chi connectivity index (χ3v) is 6.34. The molecule has 6 rings (SSSR count). The molecule has 0 aliphatic carbocycles. The normalized spacial score (nSPS) is 12.3. The lowest BCUT2D eigenvalue weighted by Crippen LogP contribution is -2.04. The second kappa shape index (κ2) is 8.15. The molecule has 6 heteroatoms. The summed E-state index contributed by atoms with van der Waals surface area (Å²) in [5.74, 6) is 1.42. The van der Waals surface area contributed by atoms with Gasteiger partial charge in [-0.2, -0.15) is 0 Å². The molecule has 2 aromatic heterocycles. The van der Waals surface area contributed by atoms with Gasteiger partial charge < -0.3 is 13.9 Å². The van der Waals surface area contributed by atoms with Crippen molar-refractivity contribution in [3.8, 4) is 45.1 Å². The molecular formula is C28H18BrNO4. The predicted molar refractivity (Wildman–Crippen MR) is 135 cm³/mol. The number of halogens is 1. The van der Waals surface area contributed by atoms with Crippen molar-refractivity contribution in [2.45, 2.75) is 6.92 Å². The van der Waals surface area contributed by atoms with Crippen LogP contribution in [0.5, 0.6) is 11.5 Å². The first-order chi connectivity index (χ1) is 16.5. The van der Waals surface area contributed by atoms with E-state index in [1.54, 1.807) is 6.07 Å². The van der Waals surface area contributed by atoms with E-state index in [2.05, 4.69) is 15.9 Å². The van der Waals surface area contributed by atoms with Crippen LogP contribution < -0.4 is 15.1 Å². The van der Waals surface area contributed by atoms with Crippen molar-refractivity contribution in [3.05, 3.63) is 99.3 Å². The average Bonchev–Trinajstić information content (AvgIpc) is 3.32. The summed E-state index contributed by atoms with van der Waals surface area (Å²) >= 11 is 3.49. The second-order valence-corrected chi connectivity index (χ2v) is 9.11. The van der Waals surface area contributed by atoms with Crippen LogP contribution in [0.1, 0.15) is 5.56 Å². The highest BCUT2D eigenvalue weighted by atomic mass is 79.9. The Morgan fingerprint density at radius 3 is 2.38 bits per heavy atom. The highest BCUT2D eigenvalue weighted by molar-refractivity contribution is 9.10. The van der Waals surface area contributed by atoms with E-state index in [0.717, 1.165) is 43.6 Å². The summed E-state index contributed by atoms with van der Waals surface area (Å²) in [6, 6.07) is 25.3. The Morgan fingerprint density at radius 2 is 1.53 bits per heavy atom. The van der Waals surface area contributed by atoms with E-state index in [1.807, 2.05) is 79.7 Å². The highest BCUT2D eigenvalue weighted by Gasteiger charge is 2.17. The van der Waals surface area contributed by atoms with E-state index in [-0.39, 0.29) is 6.79 Å². The Balaban J connectivity index is 1.57. The molecular weight excluding hydrogens is 494 g/mol. The number of pyridine rings is 1. The molecule has 0 fully saturated rings. The number of benzene rings is 3. The number of aromatic nitrogens is 1. The molecule has 1 aliphatic rings. The molecule has 1 aliphatic heterocycles. The van der Waals surface area contributed by atoms with Crippen LogP contribution in [0.15, 0.2) is 92.5 Å². The van der Waals surface area contributed by atoms with E-state index < -0.39 is 5.63 Å². The minimum atomic E-state index is -0.431. The van der Waals surface area contributed by atoms with E-state index in [0.29, 0.717) is 22.6 Å². The van der Waals surface area contributed by atoms with Crippen molar-refractivity contribution in [2.24, 2.45) is 0 Å². The topological polar surface area (TPSA) is 61.6 Å². The lowest BCUT2D eigenvalue weighted by atomic mass is 9.99. The first kappa shape index (κ1) is 20.7. The minimum absolute atomic E-state index is 0.211. The van der Waals surface area contributed by atoms with Crippen LogP contribution in [0.25, 0.3) is 44.6 Å². The molecule has 3 aromatic carbocycles. The molecule has 0 amide bonds. The molecule has 0 atom stereocenters. The van der Waals surface area contributed by atoms with Gasteiger partial charge >= 0.3 is 5.63 Å². The third kappa shape index (κ3) is 3.76. The zero-order chi connectivity index (χ0) is 23.2. The summed E-state index contributed by atoms with van der Waals surface area (Å²) in [5, 5.41) is 0.816. The molecule has 0 N–H and O–H groups in total. The fourth-order valence-corrected chi connectivity index (χ4v) is 4.44. The Bertz CT molecular complexity index is 1620. The van der Waals surface area contributed by atoms with Gasteiger partial charge in [0.1, 0.15) is 5.58 Å². The molecule has 0 saturated carbocycles. The van der Waals surface area contributed by atoms with Gasteiger partial charge in [0.05, 0.1) is 17.0 Å². The van der Waals surface area contributed by atoms with Crippen molar-refractivity contribution in [3.63, 3.8) is 0 Å². The van der Waals surface area contributed by atoms with E-state index in [9.17, 15) is 4.79 Å². The quantitative estimate of drug-likeness (QED) is 0.244. The van der Waals surface area contributed by atoms with Gasteiger partial charge in [-0.15, -0.1) is 0 Å². The maximum atomic E-state index is 13.0. The number of fused-ring (bicyclic) bond motifs is 2. The van der Waals surface area contributed by atoms with Gasteiger partial charge in [0.2, 0.25) is 6.79 Å². The van der Waals surface area contributed by atoms with E-state index in [4.69, 9.17) is 18.9 Å². The zero-order valence-electron chi connectivity index (χ0n) is 18.2. The fraction of sp³-hybridized carbons (Fsp3) is 0.0714. The van der Waals surface area contributed by atoms with Crippen molar-refractivity contribution in [1.29, 1.82) is 0 Å². The van der Waals surface area contributed by atoms with E-state index in [1.165, 1.54) is 0 Å². The van der Waals surface area contributed by atoms with Crippen LogP contribution in [-0.2, 0) is 0 Å². The molecule has 0 saturated heterocycles. The monoisotopic (exact) mass is 511 g/mol. The molecule has 0 bridgehead atoms. The Hall–Kier alpha value is -3.90. The highest BCUT2D eigenvalue weighted by Crippen LogP contribution is 2.37. The van der Waals surface area contributed by atoms with Crippen molar-refractivity contribution in [1.82, 2.24) is 4.98 Å². The summed E-state index contributed by atoms with van der Waals surface area (Å²) in [7, 11) is 0. The number of hydrogen-bond acceptors (Lipinski definition) is 5. The Labute approximate surface area is 203 Å². The van der Waals surface area contributed by atoms with Crippen LogP contribution in [0.2, 0.25) is 0 Å². The van der Waals surface area contributed by atoms with Gasteiger partial charge in [-0.3, -0.25) is 0 Å². The largest absolute Gasteiger partial charge is 0.454 e. The molecule has 0 spiro atoms. The molecule has 0 unspecified atom stereocenters. The maximum Gasteiger partial charge on any atom is 0.345 e. The average molecular weight is 512 g/mol. The molecule has 166 valence electrons. The van der Waals surface area contributed by atoms with Crippen LogP contribution in [0.4, 0.5) is 0 Å². The van der Waals surface area contributed by atoms with Gasteiger partial charge in [0.15, 0.2) is 11.5 Å². The molecule has 5 nitrogen and oxygen atoms in total. The SMILES string of the molecule is Cc1ccc(-c2cc(-c3ccc4c(c3)OCO4)cc(-c3cc4cc(Br)ccc4oc3=O)n2)cc1. The summed E-state index contributed by atoms with van der Waals surface area (Å²) < 4.78 is 17.6. The fourth-order valence-electron chi connectivity index (χ4n) is 4.06. The standard InChI is InChI=1S/C28H18BrNO4/c1-16-2-4-17(5-3-16)23-12-19(18-6-8-26-27(14-18)33-15-32-26)13-24(30-23)22-11-20-10-21(29)7-9-25(20)34-28(22)31/h2-14H,15H2,1H3. The van der Waals surface area contributed by atoms with Crippen LogP contribution in [0.3, 0.4) is 0 Å². The summed E-state index contributed by atoms with van der Waals surface area (Å²) in [4.78, 5) is 17.8. The number of ether oxygens (including phenoxy) is 2. The smallest absolute Gasteiger partial charge is 0.345 e. The van der Waals surface area contributed by atoms with Crippen LogP contribution >= 0.6 is 15.9 Å². The molecule has 5 aromatic rings. The van der Waals surface area contributed by atoms with Gasteiger partial charge in [-0.1, -0.05) is 51.8 Å². The number of rotatable bonds is 3. The first-order valence-electron chi connectivity index (χ1n) is 10.8. The number of nitrogens with zero attached hydrogens (tertiary/aromatic N) is 1. The van der Waals surface area contributed by atoms with Gasteiger partial charge in [-0.25, -0.2) is 9.78 Å². The molecule has 34 heavy (non-hydrogen) atoms. The van der Waals surface area contributed by atoms with Crippen molar-refractivity contribution < 1.29 is 13.9 Å². The lowest BCUT2D eigenvalue weighted by Gasteiger charge is -2.11. The second-order valence-electron chi connectivity index (χ2n) is 8.19. The molecule has 0 radical (unpaired) electrons. The first-order valence-corrected chi connectivity index (χ1v) is 11.6. The summed E-state index contributed by atoms with van der Waals surface area (Å²) in [6.45, 7) is 2.26. The van der Waals surface area contributed by atoms with Gasteiger partial charge in [0.25, 0.3) is 0 Å². The lowest BCUT2D eigenvalue weighted by molar-refractivity contribution is 0.174. The minimum Gasteiger partial charge on any atom is -0.454 e. The maximum absolute atomic E-state index is 13.0. The van der Waals surface area contributed by atoms with Crippen molar-refractivity contribution in [2.75, 3.05) is 6.79 Å². The van der Waals surface area contributed by atoms with Gasteiger partial charge in [0, 0.05) is 15.4 Å². The Kier molecular flexibility index (Phi) is 4.96. The van der Waals surface area contributed by atoms with Crippen molar-refractivity contribution >= 4 is 26.9 Å². The zero-order valence-corrected chi connectivity index (χ0v) is 19.8. The summed E-state index contributed by atoms with van der Waals surface area (Å²) in [6.07, 6.45) is 0. The number of hydrogen-bond donors (Lipinski definition) is 0. The third-order valence-electron chi connectivity index (χ3n) is 5.85. The van der Waals surface area contributed by atoms with Gasteiger partial charge in [-0.05, 0) is 66.6 Å². The summed E-state index contributed by atoms with van der Waals surface area (Å²) in [5.41, 5.74) is 5.78. The predicted octanol–water partition coefficient (Wildman–Crippen LogP) is 6.99. The van der Waals surface area contributed by atoms with E-state index >= 15 is 0 Å². The Morgan fingerprint density at radius 1 is 0.765 bits per heavy atom.